The molecule has 23 heavy (non-hydrogen) atoms. The maximum atomic E-state index is 14.2. The van der Waals surface area contributed by atoms with Crippen molar-refractivity contribution in [1.29, 1.82) is 0 Å². The van der Waals surface area contributed by atoms with Gasteiger partial charge >= 0.3 is 0 Å². The summed E-state index contributed by atoms with van der Waals surface area (Å²) in [6, 6.07) is 7.70. The summed E-state index contributed by atoms with van der Waals surface area (Å²) in [6.45, 7) is 2.17. The van der Waals surface area contributed by atoms with Crippen molar-refractivity contribution < 1.29 is 18.3 Å². The fourth-order valence-corrected chi connectivity index (χ4v) is 2.18. The molecule has 5 nitrogen and oxygen atoms in total. The fraction of sp³-hybridized carbons (Fsp3) is 0.176. The lowest BCUT2D eigenvalue weighted by molar-refractivity contribution is 0.110. The van der Waals surface area contributed by atoms with Gasteiger partial charge in [0.05, 0.1) is 6.20 Å². The van der Waals surface area contributed by atoms with Crippen LogP contribution >= 0.6 is 0 Å². The second-order valence-corrected chi connectivity index (χ2v) is 5.13. The van der Waals surface area contributed by atoms with Crippen molar-refractivity contribution in [2.75, 3.05) is 0 Å². The van der Waals surface area contributed by atoms with E-state index in [-0.39, 0.29) is 18.1 Å². The number of benzene rings is 1. The molecule has 0 unspecified atom stereocenters. The molecule has 0 spiro atoms. The number of furan rings is 1. The molecule has 0 aliphatic heterocycles. The first-order valence-corrected chi connectivity index (χ1v) is 7.03. The van der Waals surface area contributed by atoms with E-state index in [4.69, 9.17) is 9.15 Å². The van der Waals surface area contributed by atoms with Gasteiger partial charge in [-0.3, -0.25) is 9.48 Å². The van der Waals surface area contributed by atoms with E-state index in [1.807, 2.05) is 14.0 Å². The van der Waals surface area contributed by atoms with Crippen molar-refractivity contribution in [2.24, 2.45) is 7.05 Å². The van der Waals surface area contributed by atoms with Gasteiger partial charge in [0.15, 0.2) is 23.6 Å². The van der Waals surface area contributed by atoms with E-state index >= 15 is 0 Å². The highest BCUT2D eigenvalue weighted by Gasteiger charge is 2.11. The quantitative estimate of drug-likeness (QED) is 0.676. The van der Waals surface area contributed by atoms with E-state index < -0.39 is 5.82 Å². The number of aromatic nitrogens is 2. The van der Waals surface area contributed by atoms with E-state index in [2.05, 4.69) is 5.10 Å². The van der Waals surface area contributed by atoms with Gasteiger partial charge in [0.2, 0.25) is 0 Å². The molecule has 0 aliphatic rings. The SMILES string of the molecule is Cc1c(COc2ccc(-c3ccc(C=O)o3)cc2F)cnn1C. The number of aryl methyl sites for hydroxylation is 1. The molecule has 0 bridgehead atoms. The molecule has 0 aliphatic carbocycles. The maximum Gasteiger partial charge on any atom is 0.185 e. The highest BCUT2D eigenvalue weighted by atomic mass is 19.1. The second kappa shape index (κ2) is 6.08. The molecule has 2 heterocycles. The molecular formula is C17H15FN2O3. The van der Waals surface area contributed by atoms with Gasteiger partial charge in [-0.15, -0.1) is 0 Å². The second-order valence-electron chi connectivity index (χ2n) is 5.13. The van der Waals surface area contributed by atoms with Crippen molar-refractivity contribution in [3.8, 4) is 17.1 Å². The summed E-state index contributed by atoms with van der Waals surface area (Å²) in [5.41, 5.74) is 2.41. The number of rotatable bonds is 5. The molecule has 1 aromatic carbocycles. The lowest BCUT2D eigenvalue weighted by Crippen LogP contribution is -2.00. The van der Waals surface area contributed by atoms with Gasteiger partial charge in [-0.2, -0.15) is 5.10 Å². The predicted molar refractivity (Wildman–Crippen MR) is 81.8 cm³/mol. The summed E-state index contributed by atoms with van der Waals surface area (Å²) in [5, 5.41) is 4.12. The van der Waals surface area contributed by atoms with E-state index in [1.165, 1.54) is 12.1 Å². The van der Waals surface area contributed by atoms with Crippen LogP contribution < -0.4 is 4.74 Å². The molecule has 6 heteroatoms. The van der Waals surface area contributed by atoms with Gasteiger partial charge in [0, 0.05) is 23.9 Å². The molecule has 0 N–H and O–H groups in total. The molecular weight excluding hydrogens is 299 g/mol. The summed E-state index contributed by atoms with van der Waals surface area (Å²) < 4.78 is 26.7. The molecule has 0 atom stereocenters. The van der Waals surface area contributed by atoms with Gasteiger partial charge < -0.3 is 9.15 Å². The van der Waals surface area contributed by atoms with E-state index in [0.29, 0.717) is 17.6 Å². The summed E-state index contributed by atoms with van der Waals surface area (Å²) in [5.74, 6) is 0.292. The molecule has 0 saturated heterocycles. The number of ether oxygens (including phenoxy) is 1. The van der Waals surface area contributed by atoms with Crippen LogP contribution in [0, 0.1) is 12.7 Å². The Hall–Kier alpha value is -2.89. The Morgan fingerprint density at radius 1 is 1.35 bits per heavy atom. The zero-order valence-corrected chi connectivity index (χ0v) is 12.7. The van der Waals surface area contributed by atoms with Crippen LogP contribution in [-0.2, 0) is 13.7 Å². The molecule has 0 fully saturated rings. The van der Waals surface area contributed by atoms with Crippen molar-refractivity contribution >= 4 is 6.29 Å². The van der Waals surface area contributed by atoms with Crippen molar-refractivity contribution in [3.05, 3.63) is 59.4 Å². The Morgan fingerprint density at radius 3 is 2.78 bits per heavy atom. The van der Waals surface area contributed by atoms with Crippen molar-refractivity contribution in [1.82, 2.24) is 9.78 Å². The van der Waals surface area contributed by atoms with Crippen LogP contribution in [0.3, 0.4) is 0 Å². The van der Waals surface area contributed by atoms with E-state index in [1.54, 1.807) is 29.1 Å². The van der Waals surface area contributed by atoms with Gasteiger partial charge in [-0.05, 0) is 37.3 Å². The van der Waals surface area contributed by atoms with E-state index in [0.717, 1.165) is 11.3 Å². The predicted octanol–water partition coefficient (Wildman–Crippen LogP) is 3.52. The minimum Gasteiger partial charge on any atom is -0.486 e. The first-order chi connectivity index (χ1) is 11.1. The van der Waals surface area contributed by atoms with Gasteiger partial charge in [0.25, 0.3) is 0 Å². The average Bonchev–Trinajstić information content (AvgIpc) is 3.15. The first-order valence-electron chi connectivity index (χ1n) is 7.03. The number of carbonyl (C=O) groups is 1. The Labute approximate surface area is 132 Å². The molecule has 0 saturated carbocycles. The van der Waals surface area contributed by atoms with Crippen molar-refractivity contribution in [2.45, 2.75) is 13.5 Å². The number of hydrogen-bond acceptors (Lipinski definition) is 4. The molecule has 118 valence electrons. The maximum absolute atomic E-state index is 14.2. The average molecular weight is 314 g/mol. The van der Waals surface area contributed by atoms with Crippen LogP contribution in [0.1, 0.15) is 21.8 Å². The minimum atomic E-state index is -0.493. The lowest BCUT2D eigenvalue weighted by Gasteiger charge is -2.08. The minimum absolute atomic E-state index is 0.152. The van der Waals surface area contributed by atoms with Crippen LogP contribution in [-0.4, -0.2) is 16.1 Å². The third-order valence-corrected chi connectivity index (χ3v) is 3.68. The molecule has 3 aromatic rings. The lowest BCUT2D eigenvalue weighted by atomic mass is 10.1. The van der Waals surface area contributed by atoms with Crippen LogP contribution in [0.4, 0.5) is 4.39 Å². The third-order valence-electron chi connectivity index (χ3n) is 3.68. The Morgan fingerprint density at radius 2 is 2.17 bits per heavy atom. The fourth-order valence-electron chi connectivity index (χ4n) is 2.18. The van der Waals surface area contributed by atoms with Crippen LogP contribution in [0.15, 0.2) is 40.9 Å². The van der Waals surface area contributed by atoms with Gasteiger partial charge in [-0.1, -0.05) is 0 Å². The number of carbonyl (C=O) groups excluding carboxylic acids is 1. The monoisotopic (exact) mass is 314 g/mol. The third kappa shape index (κ3) is 3.01. The highest BCUT2D eigenvalue weighted by Crippen LogP contribution is 2.27. The molecule has 0 radical (unpaired) electrons. The zero-order valence-electron chi connectivity index (χ0n) is 12.7. The normalized spacial score (nSPS) is 10.7. The zero-order chi connectivity index (χ0) is 16.4. The number of hydrogen-bond donors (Lipinski definition) is 0. The molecule has 2 aromatic heterocycles. The van der Waals surface area contributed by atoms with Crippen LogP contribution in [0.5, 0.6) is 5.75 Å². The van der Waals surface area contributed by atoms with Crippen molar-refractivity contribution in [3.63, 3.8) is 0 Å². The molecule has 3 rings (SSSR count). The number of halogens is 1. The summed E-state index contributed by atoms with van der Waals surface area (Å²) in [4.78, 5) is 10.6. The smallest absolute Gasteiger partial charge is 0.185 e. The summed E-state index contributed by atoms with van der Waals surface area (Å²) in [7, 11) is 1.84. The Bertz CT molecular complexity index is 851. The first kappa shape index (κ1) is 15.0. The summed E-state index contributed by atoms with van der Waals surface area (Å²) >= 11 is 0. The molecule has 0 amide bonds. The Balaban J connectivity index is 1.76. The van der Waals surface area contributed by atoms with Crippen LogP contribution in [0.2, 0.25) is 0 Å². The summed E-state index contributed by atoms with van der Waals surface area (Å²) in [6.07, 6.45) is 2.30. The highest BCUT2D eigenvalue weighted by molar-refractivity contribution is 5.72. The Kier molecular flexibility index (Phi) is 3.97. The number of aldehydes is 1. The largest absolute Gasteiger partial charge is 0.486 e. The van der Waals surface area contributed by atoms with E-state index in [9.17, 15) is 9.18 Å². The van der Waals surface area contributed by atoms with Crippen LogP contribution in [0.25, 0.3) is 11.3 Å². The standard InChI is InChI=1S/C17H15FN2O3/c1-11-13(8-19-20(11)2)10-22-17-5-3-12(7-15(17)18)16-6-4-14(9-21)23-16/h3-9H,10H2,1-2H3. The van der Waals surface area contributed by atoms with Gasteiger partial charge in [0.1, 0.15) is 12.4 Å². The number of nitrogens with zero attached hydrogens (tertiary/aromatic N) is 2. The topological polar surface area (TPSA) is 57.3 Å². The van der Waals surface area contributed by atoms with Gasteiger partial charge in [-0.25, -0.2) is 4.39 Å².